The van der Waals surface area contributed by atoms with E-state index in [9.17, 15) is 14.0 Å². The average Bonchev–Trinajstić information content (AvgIpc) is 3.85. The number of amides is 2. The maximum Gasteiger partial charge on any atom is 0.407 e. The molecule has 0 bridgehead atoms. The number of methoxy groups -OCH3 is 1. The van der Waals surface area contributed by atoms with Gasteiger partial charge in [0.05, 0.1) is 15.7 Å². The van der Waals surface area contributed by atoms with Crippen molar-refractivity contribution in [3.63, 3.8) is 0 Å². The van der Waals surface area contributed by atoms with Gasteiger partial charge < -0.3 is 30.0 Å². The van der Waals surface area contributed by atoms with Gasteiger partial charge in [-0.15, -0.1) is 0 Å². The van der Waals surface area contributed by atoms with E-state index < -0.39 is 12.1 Å². The van der Waals surface area contributed by atoms with Gasteiger partial charge in [0.1, 0.15) is 12.4 Å². The summed E-state index contributed by atoms with van der Waals surface area (Å²) >= 11 is 1.41. The normalized spacial score (nSPS) is 16.0. The summed E-state index contributed by atoms with van der Waals surface area (Å²) in [6, 6.07) is 29.0. The molecule has 3 N–H and O–H groups in total. The molecule has 1 aliphatic heterocycles. The molecular weight excluding hydrogens is 702 g/mol. The van der Waals surface area contributed by atoms with Gasteiger partial charge in [-0.25, -0.2) is 14.2 Å². The Morgan fingerprint density at radius 2 is 1.80 bits per heavy atom. The Morgan fingerprint density at radius 1 is 1.02 bits per heavy atom. The lowest BCUT2D eigenvalue weighted by molar-refractivity contribution is -0.132. The highest BCUT2D eigenvalue weighted by molar-refractivity contribution is 7.22. The van der Waals surface area contributed by atoms with Crippen molar-refractivity contribution >= 4 is 49.6 Å². The summed E-state index contributed by atoms with van der Waals surface area (Å²) in [7, 11) is 1.68. The Labute approximate surface area is 317 Å². The van der Waals surface area contributed by atoms with Crippen LogP contribution in [0.2, 0.25) is 0 Å². The monoisotopic (exact) mass is 745 g/mol. The fourth-order valence-corrected chi connectivity index (χ4v) is 9.19. The van der Waals surface area contributed by atoms with Gasteiger partial charge in [0, 0.05) is 68.7 Å². The Balaban J connectivity index is 0.995. The molecule has 2 aliphatic rings. The zero-order valence-electron chi connectivity index (χ0n) is 30.3. The molecule has 0 spiro atoms. The number of piperidine rings is 1. The lowest BCUT2D eigenvalue weighted by Crippen LogP contribution is -2.45. The van der Waals surface area contributed by atoms with Crippen LogP contribution in [0.4, 0.5) is 14.3 Å². The number of nitrogens with one attached hydrogen (secondary N) is 1. The fourth-order valence-electron chi connectivity index (χ4n) is 8.39. The van der Waals surface area contributed by atoms with Gasteiger partial charge in [-0.1, -0.05) is 72.0 Å². The standard InChI is InChI=1S/C43H44FN5O4S/c1-52-20-8-19-49-38-15-6-14-36(44)34(38)24-39(49)28-9-7-18-48(25-28)41(50)23-29(21-27-16-17-37-40(22-27)54-42(45)47-37)46-43(51)53-26-35-32-12-4-2-10-30(32)31-11-3-5-13-33(31)35/h2-6,10-17,22,24,28-29,35H,7-9,18-21,23,25-26H2,1H3,(H2,45,47)(H,46,51)/t28?,29-/m1/s1. The fraction of sp³-hybridized carbons (Fsp3) is 0.326. The summed E-state index contributed by atoms with van der Waals surface area (Å²) in [6.07, 6.45) is 2.48. The second kappa shape index (κ2) is 15.6. The molecule has 0 radical (unpaired) electrons. The molecule has 1 aliphatic carbocycles. The summed E-state index contributed by atoms with van der Waals surface area (Å²) in [5, 5.41) is 4.15. The highest BCUT2D eigenvalue weighted by Gasteiger charge is 2.32. The average molecular weight is 746 g/mol. The van der Waals surface area contributed by atoms with E-state index in [2.05, 4.69) is 39.1 Å². The molecule has 1 saturated heterocycles. The summed E-state index contributed by atoms with van der Waals surface area (Å²) in [4.78, 5) is 34.0. The number of rotatable bonds is 12. The molecule has 0 saturated carbocycles. The van der Waals surface area contributed by atoms with Crippen LogP contribution >= 0.6 is 11.3 Å². The topological polar surface area (TPSA) is 112 Å². The quantitative estimate of drug-likeness (QED) is 0.122. The minimum Gasteiger partial charge on any atom is -0.449 e. The smallest absolute Gasteiger partial charge is 0.407 e. The van der Waals surface area contributed by atoms with E-state index in [4.69, 9.17) is 15.2 Å². The maximum atomic E-state index is 15.0. The van der Waals surface area contributed by atoms with Crippen molar-refractivity contribution in [3.05, 3.63) is 119 Å². The van der Waals surface area contributed by atoms with Crippen LogP contribution in [0.15, 0.2) is 91.0 Å². The number of hydrogen-bond donors (Lipinski definition) is 2. The van der Waals surface area contributed by atoms with Gasteiger partial charge in [-0.2, -0.15) is 0 Å². The van der Waals surface area contributed by atoms with E-state index in [0.717, 1.165) is 68.5 Å². The highest BCUT2D eigenvalue weighted by atomic mass is 32.1. The van der Waals surface area contributed by atoms with E-state index in [-0.39, 0.29) is 36.6 Å². The van der Waals surface area contributed by atoms with Crippen molar-refractivity contribution in [2.75, 3.05) is 39.1 Å². The lowest BCUT2D eigenvalue weighted by atomic mass is 9.93. The first kappa shape index (κ1) is 35.8. The number of hydrogen-bond acceptors (Lipinski definition) is 7. The number of carbonyl (C=O) groups excluding carboxylic acids is 2. The van der Waals surface area contributed by atoms with E-state index in [1.807, 2.05) is 59.5 Å². The summed E-state index contributed by atoms with van der Waals surface area (Å²) < 4.78 is 29.4. The van der Waals surface area contributed by atoms with Crippen molar-refractivity contribution in [3.8, 4) is 11.1 Å². The number of anilines is 1. The second-order valence-electron chi connectivity index (χ2n) is 14.3. The number of likely N-dealkylation sites (tertiary alicyclic amines) is 1. The zero-order valence-corrected chi connectivity index (χ0v) is 31.1. The molecule has 1 unspecified atom stereocenters. The first-order chi connectivity index (χ1) is 26.4. The molecule has 9 nitrogen and oxygen atoms in total. The largest absolute Gasteiger partial charge is 0.449 e. The molecule has 3 heterocycles. The van der Waals surface area contributed by atoms with Crippen LogP contribution in [0.25, 0.3) is 32.2 Å². The van der Waals surface area contributed by atoms with Crippen LogP contribution in [-0.2, 0) is 27.2 Å². The predicted octanol–water partition coefficient (Wildman–Crippen LogP) is 8.25. The van der Waals surface area contributed by atoms with Crippen molar-refractivity contribution in [1.29, 1.82) is 0 Å². The molecule has 8 rings (SSSR count). The van der Waals surface area contributed by atoms with E-state index in [1.54, 1.807) is 13.2 Å². The van der Waals surface area contributed by atoms with Gasteiger partial charge in [0.25, 0.3) is 0 Å². The molecule has 4 aromatic carbocycles. The third-order valence-corrected chi connectivity index (χ3v) is 11.7. The van der Waals surface area contributed by atoms with E-state index in [1.165, 1.54) is 17.4 Å². The van der Waals surface area contributed by atoms with Crippen molar-refractivity contribution in [2.45, 2.75) is 56.5 Å². The molecule has 278 valence electrons. The van der Waals surface area contributed by atoms with Crippen LogP contribution in [0, 0.1) is 5.82 Å². The molecule has 2 aromatic heterocycles. The number of aromatic nitrogens is 2. The predicted molar refractivity (Wildman–Crippen MR) is 211 cm³/mol. The Hall–Kier alpha value is -5.26. The number of halogens is 1. The van der Waals surface area contributed by atoms with Crippen LogP contribution in [0.1, 0.15) is 59.9 Å². The van der Waals surface area contributed by atoms with Crippen LogP contribution < -0.4 is 11.1 Å². The minimum absolute atomic E-state index is 0.0417. The van der Waals surface area contributed by atoms with Crippen molar-refractivity contribution in [2.24, 2.45) is 0 Å². The summed E-state index contributed by atoms with van der Waals surface area (Å²) in [5.74, 6) is -0.319. The van der Waals surface area contributed by atoms with Crippen LogP contribution in [0.5, 0.6) is 0 Å². The molecule has 2 atom stereocenters. The zero-order chi connectivity index (χ0) is 37.2. The highest BCUT2D eigenvalue weighted by Crippen LogP contribution is 2.44. The Kier molecular flexibility index (Phi) is 10.3. The third-order valence-electron chi connectivity index (χ3n) is 10.9. The van der Waals surface area contributed by atoms with Gasteiger partial charge in [0.2, 0.25) is 5.91 Å². The minimum atomic E-state index is -0.558. The van der Waals surface area contributed by atoms with Gasteiger partial charge in [-0.3, -0.25) is 4.79 Å². The Morgan fingerprint density at radius 3 is 2.57 bits per heavy atom. The number of nitrogens with zero attached hydrogens (tertiary/aromatic N) is 3. The number of aryl methyl sites for hydroxylation is 1. The number of nitrogens with two attached hydrogens (primary N) is 1. The summed E-state index contributed by atoms with van der Waals surface area (Å²) in [5.41, 5.74) is 14.2. The number of alkyl carbamates (subject to hydrolysis) is 1. The molecule has 1 fully saturated rings. The third kappa shape index (κ3) is 7.30. The van der Waals surface area contributed by atoms with Crippen LogP contribution in [0.3, 0.4) is 0 Å². The molecule has 2 amide bonds. The van der Waals surface area contributed by atoms with Crippen LogP contribution in [-0.4, -0.2) is 65.9 Å². The van der Waals surface area contributed by atoms with E-state index in [0.29, 0.717) is 43.2 Å². The van der Waals surface area contributed by atoms with Crippen molar-refractivity contribution in [1.82, 2.24) is 19.8 Å². The summed E-state index contributed by atoms with van der Waals surface area (Å²) in [6.45, 7) is 2.62. The van der Waals surface area contributed by atoms with Gasteiger partial charge >= 0.3 is 6.09 Å². The number of carbonyl (C=O) groups is 2. The second-order valence-corrected chi connectivity index (χ2v) is 15.4. The number of benzene rings is 4. The van der Waals surface area contributed by atoms with Crippen molar-refractivity contribution < 1.29 is 23.5 Å². The lowest BCUT2D eigenvalue weighted by Gasteiger charge is -2.34. The number of thiazole rings is 1. The molecule has 54 heavy (non-hydrogen) atoms. The SMILES string of the molecule is COCCCn1c(C2CCCN(C(=O)C[C@@H](Cc3ccc4nc(N)sc4c3)NC(=O)OCC3c4ccccc4-c4ccccc43)C2)cc2c(F)cccc21. The van der Waals surface area contributed by atoms with Gasteiger partial charge in [0.15, 0.2) is 5.13 Å². The number of fused-ring (bicyclic) bond motifs is 5. The Bertz CT molecular complexity index is 2270. The molecule has 11 heteroatoms. The van der Waals surface area contributed by atoms with E-state index >= 15 is 0 Å². The molecular formula is C43H44FN5O4S. The number of nitrogen functional groups attached to an aromatic ring is 1. The maximum absolute atomic E-state index is 15.0. The first-order valence-electron chi connectivity index (χ1n) is 18.7. The molecule has 6 aromatic rings. The first-order valence-corrected chi connectivity index (χ1v) is 19.5. The van der Waals surface area contributed by atoms with Gasteiger partial charge in [-0.05, 0) is 83.8 Å². The number of ether oxygens (including phenoxy) is 2.